The molecule has 1 aromatic heterocycles. The second kappa shape index (κ2) is 4.63. The minimum absolute atomic E-state index is 0.381. The summed E-state index contributed by atoms with van der Waals surface area (Å²) in [6, 6.07) is 3.59. The maximum atomic E-state index is 10.9. The van der Waals surface area contributed by atoms with Gasteiger partial charge in [-0.3, -0.25) is 10.1 Å². The van der Waals surface area contributed by atoms with E-state index < -0.39 is 0 Å². The first-order valence-electron chi connectivity index (χ1n) is 3.57. The van der Waals surface area contributed by atoms with E-state index in [1.165, 1.54) is 0 Å². The second-order valence-corrected chi connectivity index (χ2v) is 2.79. The van der Waals surface area contributed by atoms with Crippen LogP contribution in [-0.2, 0) is 4.79 Å². The lowest BCUT2D eigenvalue weighted by Crippen LogP contribution is -2.09. The topological polar surface area (TPSA) is 42.0 Å². The number of carbonyl (C=O) groups is 1. The van der Waals surface area contributed by atoms with Crippen molar-refractivity contribution in [2.45, 2.75) is 6.92 Å². The highest BCUT2D eigenvalue weighted by atomic mass is 79.9. The van der Waals surface area contributed by atoms with Gasteiger partial charge in [0.2, 0.25) is 0 Å². The maximum Gasteiger partial charge on any atom is 0.302 e. The SMILES string of the molecule is Cc1ccc(NC(=O)C#CBr)nc1. The number of anilines is 1. The predicted octanol–water partition coefficient (Wildman–Crippen LogP) is 1.68. The molecule has 1 rings (SSSR count). The van der Waals surface area contributed by atoms with Gasteiger partial charge >= 0.3 is 5.91 Å². The van der Waals surface area contributed by atoms with E-state index in [0.29, 0.717) is 5.82 Å². The fraction of sp³-hybridized carbons (Fsp3) is 0.111. The quantitative estimate of drug-likeness (QED) is 0.757. The molecule has 4 heteroatoms. The first kappa shape index (κ1) is 9.75. The van der Waals surface area contributed by atoms with E-state index >= 15 is 0 Å². The van der Waals surface area contributed by atoms with Crippen molar-refractivity contribution in [2.75, 3.05) is 5.32 Å². The van der Waals surface area contributed by atoms with Crippen molar-refractivity contribution >= 4 is 27.7 Å². The summed E-state index contributed by atoms with van der Waals surface area (Å²) < 4.78 is 0. The zero-order chi connectivity index (χ0) is 9.68. The van der Waals surface area contributed by atoms with Crippen molar-refractivity contribution in [3.8, 4) is 10.8 Å². The van der Waals surface area contributed by atoms with Gasteiger partial charge in [0.05, 0.1) is 0 Å². The molecule has 1 N–H and O–H groups in total. The van der Waals surface area contributed by atoms with Crippen molar-refractivity contribution in [3.05, 3.63) is 23.9 Å². The average molecular weight is 239 g/mol. The van der Waals surface area contributed by atoms with Crippen molar-refractivity contribution in [2.24, 2.45) is 0 Å². The number of hydrogen-bond donors (Lipinski definition) is 1. The van der Waals surface area contributed by atoms with E-state index in [1.54, 1.807) is 12.3 Å². The molecule has 0 spiro atoms. The highest BCUT2D eigenvalue weighted by molar-refractivity contribution is 9.12. The second-order valence-electron chi connectivity index (χ2n) is 2.39. The van der Waals surface area contributed by atoms with E-state index in [2.05, 4.69) is 37.0 Å². The third kappa shape index (κ3) is 3.26. The van der Waals surface area contributed by atoms with Crippen molar-refractivity contribution in [1.29, 1.82) is 0 Å². The van der Waals surface area contributed by atoms with Crippen LogP contribution in [0.15, 0.2) is 18.3 Å². The summed E-state index contributed by atoms with van der Waals surface area (Å²) in [6.07, 6.45) is 1.68. The zero-order valence-corrected chi connectivity index (χ0v) is 8.55. The van der Waals surface area contributed by atoms with Crippen LogP contribution in [0.4, 0.5) is 5.82 Å². The standard InChI is InChI=1S/C9H7BrN2O/c1-7-2-3-8(11-6-7)12-9(13)4-5-10/h2-3,6H,1H3,(H,11,12,13). The number of aromatic nitrogens is 1. The van der Waals surface area contributed by atoms with Crippen molar-refractivity contribution in [1.82, 2.24) is 4.98 Å². The summed E-state index contributed by atoms with van der Waals surface area (Å²) in [5, 5.41) is 2.52. The molecule has 66 valence electrons. The molecule has 1 aromatic rings. The van der Waals surface area contributed by atoms with E-state index in [9.17, 15) is 4.79 Å². The molecule has 0 aliphatic heterocycles. The Bertz CT molecular complexity index is 361. The summed E-state index contributed by atoms with van der Waals surface area (Å²) in [7, 11) is 0. The number of hydrogen-bond acceptors (Lipinski definition) is 2. The van der Waals surface area contributed by atoms with Crippen molar-refractivity contribution in [3.63, 3.8) is 0 Å². The Morgan fingerprint density at radius 3 is 2.92 bits per heavy atom. The summed E-state index contributed by atoms with van der Waals surface area (Å²) in [5.41, 5.74) is 1.05. The van der Waals surface area contributed by atoms with Crippen LogP contribution in [0.3, 0.4) is 0 Å². The fourth-order valence-electron chi connectivity index (χ4n) is 0.732. The lowest BCUT2D eigenvalue weighted by Gasteiger charge is -1.98. The van der Waals surface area contributed by atoms with Gasteiger partial charge in [-0.25, -0.2) is 4.98 Å². The van der Waals surface area contributed by atoms with Gasteiger partial charge in [-0.05, 0) is 23.4 Å². The minimum atomic E-state index is -0.381. The highest BCUT2D eigenvalue weighted by Crippen LogP contribution is 2.02. The average Bonchev–Trinajstić information content (AvgIpc) is 2.09. The van der Waals surface area contributed by atoms with E-state index in [1.807, 2.05) is 13.0 Å². The first-order chi connectivity index (χ1) is 6.22. The van der Waals surface area contributed by atoms with Crippen LogP contribution >= 0.6 is 15.9 Å². The van der Waals surface area contributed by atoms with Gasteiger partial charge in [0.1, 0.15) is 5.82 Å². The van der Waals surface area contributed by atoms with Gasteiger partial charge in [0.15, 0.2) is 0 Å². The third-order valence-corrected chi connectivity index (χ3v) is 1.51. The molecule has 13 heavy (non-hydrogen) atoms. The maximum absolute atomic E-state index is 10.9. The Labute approximate surface area is 84.7 Å². The fourth-order valence-corrected chi connectivity index (χ4v) is 0.912. The van der Waals surface area contributed by atoms with Gasteiger partial charge in [0, 0.05) is 28.0 Å². The molecule has 1 heterocycles. The number of nitrogens with zero attached hydrogens (tertiary/aromatic N) is 1. The molecule has 0 unspecified atom stereocenters. The molecule has 0 aliphatic carbocycles. The Kier molecular flexibility index (Phi) is 3.47. The predicted molar refractivity (Wildman–Crippen MR) is 54.3 cm³/mol. The Balaban J connectivity index is 2.68. The number of amides is 1. The zero-order valence-electron chi connectivity index (χ0n) is 6.97. The Morgan fingerprint density at radius 1 is 1.62 bits per heavy atom. The molecule has 0 saturated heterocycles. The van der Waals surface area contributed by atoms with Gasteiger partial charge < -0.3 is 0 Å². The molecule has 0 aliphatic rings. The Morgan fingerprint density at radius 2 is 2.38 bits per heavy atom. The van der Waals surface area contributed by atoms with E-state index in [-0.39, 0.29) is 5.91 Å². The molecule has 0 aromatic carbocycles. The van der Waals surface area contributed by atoms with E-state index in [4.69, 9.17) is 0 Å². The van der Waals surface area contributed by atoms with Crippen molar-refractivity contribution < 1.29 is 4.79 Å². The van der Waals surface area contributed by atoms with E-state index in [0.717, 1.165) is 5.56 Å². The van der Waals surface area contributed by atoms with Crippen LogP contribution < -0.4 is 5.32 Å². The Hall–Kier alpha value is -1.34. The largest absolute Gasteiger partial charge is 0.302 e. The third-order valence-electron chi connectivity index (χ3n) is 1.31. The number of pyridine rings is 1. The molecule has 0 saturated carbocycles. The number of rotatable bonds is 1. The van der Waals surface area contributed by atoms with Gasteiger partial charge in [0.25, 0.3) is 0 Å². The minimum Gasteiger partial charge on any atom is -0.300 e. The lowest BCUT2D eigenvalue weighted by molar-refractivity contribution is -0.111. The monoisotopic (exact) mass is 238 g/mol. The number of nitrogens with one attached hydrogen (secondary N) is 1. The molecule has 0 radical (unpaired) electrons. The van der Waals surface area contributed by atoms with Gasteiger partial charge in [-0.15, -0.1) is 0 Å². The first-order valence-corrected chi connectivity index (χ1v) is 4.37. The summed E-state index contributed by atoms with van der Waals surface area (Å²) in [6.45, 7) is 1.93. The summed E-state index contributed by atoms with van der Waals surface area (Å²) in [5.74, 6) is 2.41. The van der Waals surface area contributed by atoms with Crippen LogP contribution in [0.25, 0.3) is 0 Å². The summed E-state index contributed by atoms with van der Waals surface area (Å²) in [4.78, 5) is 17.2. The smallest absolute Gasteiger partial charge is 0.300 e. The summed E-state index contributed by atoms with van der Waals surface area (Å²) >= 11 is 2.83. The van der Waals surface area contributed by atoms with Crippen LogP contribution in [0.2, 0.25) is 0 Å². The molecule has 0 bridgehead atoms. The molecular weight excluding hydrogens is 232 g/mol. The van der Waals surface area contributed by atoms with Gasteiger partial charge in [-0.2, -0.15) is 0 Å². The van der Waals surface area contributed by atoms with Crippen LogP contribution in [0, 0.1) is 17.7 Å². The number of aryl methyl sites for hydroxylation is 1. The number of carbonyl (C=O) groups excluding carboxylic acids is 1. The normalized spacial score (nSPS) is 8.46. The molecular formula is C9H7BrN2O. The van der Waals surface area contributed by atoms with Crippen LogP contribution in [0.1, 0.15) is 5.56 Å². The highest BCUT2D eigenvalue weighted by Gasteiger charge is 1.97. The molecule has 3 nitrogen and oxygen atoms in total. The lowest BCUT2D eigenvalue weighted by atomic mass is 10.3. The number of halogens is 1. The van der Waals surface area contributed by atoms with Crippen LogP contribution in [0.5, 0.6) is 0 Å². The molecule has 0 atom stereocenters. The molecule has 0 fully saturated rings. The van der Waals surface area contributed by atoms with Gasteiger partial charge in [-0.1, -0.05) is 6.07 Å². The molecule has 1 amide bonds. The van der Waals surface area contributed by atoms with Crippen LogP contribution in [-0.4, -0.2) is 10.9 Å².